The lowest BCUT2D eigenvalue weighted by atomic mass is 10.1. The van der Waals surface area contributed by atoms with Crippen LogP contribution in [0.15, 0.2) is 42.7 Å². The molecule has 0 saturated carbocycles. The van der Waals surface area contributed by atoms with Crippen molar-refractivity contribution in [1.82, 2.24) is 14.8 Å². The van der Waals surface area contributed by atoms with Crippen molar-refractivity contribution in [2.24, 2.45) is 0 Å². The molecular weight excluding hydrogens is 374 g/mol. The van der Waals surface area contributed by atoms with Gasteiger partial charge in [0.25, 0.3) is 0 Å². The molecule has 2 aromatic rings. The summed E-state index contributed by atoms with van der Waals surface area (Å²) in [4.78, 5) is 9.29. The van der Waals surface area contributed by atoms with Crippen molar-refractivity contribution < 1.29 is 9.47 Å². The molecule has 1 aliphatic heterocycles. The number of aromatic nitrogens is 1. The fraction of sp³-hybridized carbons (Fsp3) is 0.500. The highest BCUT2D eigenvalue weighted by molar-refractivity contribution is 5.85. The van der Waals surface area contributed by atoms with Gasteiger partial charge in [-0.15, -0.1) is 12.4 Å². The van der Waals surface area contributed by atoms with Gasteiger partial charge in [-0.2, -0.15) is 0 Å². The van der Waals surface area contributed by atoms with Gasteiger partial charge in [0.05, 0.1) is 14.2 Å². The van der Waals surface area contributed by atoms with E-state index < -0.39 is 0 Å². The van der Waals surface area contributed by atoms with Gasteiger partial charge in [-0.25, -0.2) is 0 Å². The first-order valence-electron chi connectivity index (χ1n) is 9.79. The maximum absolute atomic E-state index is 5.48. The molecule has 1 aromatic carbocycles. The van der Waals surface area contributed by atoms with Gasteiger partial charge >= 0.3 is 0 Å². The molecule has 3 rings (SSSR count). The monoisotopic (exact) mass is 405 g/mol. The number of hydrogen-bond acceptors (Lipinski definition) is 5. The van der Waals surface area contributed by atoms with Crippen molar-refractivity contribution >= 4 is 12.4 Å². The molecule has 1 fully saturated rings. The van der Waals surface area contributed by atoms with Crippen LogP contribution in [-0.2, 0) is 13.1 Å². The number of pyridine rings is 1. The summed E-state index contributed by atoms with van der Waals surface area (Å²) in [6, 6.07) is 11.1. The summed E-state index contributed by atoms with van der Waals surface area (Å²) >= 11 is 0. The first kappa shape index (κ1) is 22.5. The normalized spacial score (nSPS) is 16.8. The highest BCUT2D eigenvalue weighted by atomic mass is 35.5. The summed E-state index contributed by atoms with van der Waals surface area (Å²) in [7, 11) is 3.36. The summed E-state index contributed by atoms with van der Waals surface area (Å²) in [6.07, 6.45) is 6.33. The summed E-state index contributed by atoms with van der Waals surface area (Å²) in [5.74, 6) is 1.56. The third-order valence-electron chi connectivity index (χ3n) is 5.38. The Labute approximate surface area is 175 Å². The van der Waals surface area contributed by atoms with Crippen molar-refractivity contribution in [3.05, 3.63) is 53.9 Å². The second-order valence-corrected chi connectivity index (χ2v) is 7.14. The first-order chi connectivity index (χ1) is 13.2. The largest absolute Gasteiger partial charge is 0.493 e. The molecule has 6 heteroatoms. The van der Waals surface area contributed by atoms with Crippen LogP contribution in [0, 0.1) is 0 Å². The number of nitrogens with zero attached hydrogens (tertiary/aromatic N) is 3. The van der Waals surface area contributed by atoms with E-state index in [2.05, 4.69) is 46.0 Å². The Kier molecular flexibility index (Phi) is 9.03. The van der Waals surface area contributed by atoms with E-state index in [0.29, 0.717) is 6.04 Å². The highest BCUT2D eigenvalue weighted by Crippen LogP contribution is 2.28. The zero-order valence-electron chi connectivity index (χ0n) is 17.1. The van der Waals surface area contributed by atoms with Crippen LogP contribution in [0.5, 0.6) is 11.5 Å². The maximum Gasteiger partial charge on any atom is 0.161 e. The molecule has 5 nitrogen and oxygen atoms in total. The van der Waals surface area contributed by atoms with Crippen LogP contribution in [0.4, 0.5) is 0 Å². The number of ether oxygens (including phenoxy) is 2. The van der Waals surface area contributed by atoms with Crippen molar-refractivity contribution in [2.75, 3.05) is 33.9 Å². The molecular formula is C22H32ClN3O2. The van der Waals surface area contributed by atoms with Gasteiger partial charge in [0.15, 0.2) is 11.5 Å². The maximum atomic E-state index is 5.48. The minimum Gasteiger partial charge on any atom is -0.493 e. The van der Waals surface area contributed by atoms with Crippen molar-refractivity contribution in [3.63, 3.8) is 0 Å². The summed E-state index contributed by atoms with van der Waals surface area (Å²) in [5.41, 5.74) is 2.54. The van der Waals surface area contributed by atoms with E-state index in [1.54, 1.807) is 14.2 Å². The molecule has 1 saturated heterocycles. The number of likely N-dealkylation sites (tertiary alicyclic amines) is 1. The molecule has 2 heterocycles. The Balaban J connectivity index is 0.00000280. The van der Waals surface area contributed by atoms with Crippen LogP contribution in [0.1, 0.15) is 30.9 Å². The number of benzene rings is 1. The number of rotatable bonds is 9. The van der Waals surface area contributed by atoms with Gasteiger partial charge in [0.1, 0.15) is 0 Å². The molecule has 0 N–H and O–H groups in total. The number of hydrogen-bond donors (Lipinski definition) is 0. The Morgan fingerprint density at radius 1 is 1.04 bits per heavy atom. The number of methoxy groups -OCH3 is 2. The molecule has 0 spiro atoms. The fourth-order valence-corrected chi connectivity index (χ4v) is 3.98. The average molecular weight is 406 g/mol. The minimum absolute atomic E-state index is 0. The van der Waals surface area contributed by atoms with E-state index in [1.165, 1.54) is 30.5 Å². The van der Waals surface area contributed by atoms with Crippen molar-refractivity contribution in [1.29, 1.82) is 0 Å². The van der Waals surface area contributed by atoms with Crippen LogP contribution in [0.25, 0.3) is 0 Å². The lowest BCUT2D eigenvalue weighted by Gasteiger charge is -2.30. The van der Waals surface area contributed by atoms with E-state index in [9.17, 15) is 0 Å². The summed E-state index contributed by atoms with van der Waals surface area (Å²) in [5, 5.41) is 0. The molecule has 1 aromatic heterocycles. The quantitative estimate of drug-likeness (QED) is 0.630. The lowest BCUT2D eigenvalue weighted by molar-refractivity contribution is 0.166. The molecule has 0 aliphatic carbocycles. The zero-order valence-corrected chi connectivity index (χ0v) is 18.0. The van der Waals surface area contributed by atoms with Gasteiger partial charge < -0.3 is 9.47 Å². The van der Waals surface area contributed by atoms with Crippen LogP contribution >= 0.6 is 12.4 Å². The lowest BCUT2D eigenvalue weighted by Crippen LogP contribution is -2.39. The average Bonchev–Trinajstić information content (AvgIpc) is 3.15. The number of likely N-dealkylation sites (N-methyl/N-ethyl adjacent to an activating group) is 1. The minimum atomic E-state index is 0. The third-order valence-corrected chi connectivity index (χ3v) is 5.38. The molecule has 1 atom stereocenters. The second kappa shape index (κ2) is 11.2. The topological polar surface area (TPSA) is 37.8 Å². The van der Waals surface area contributed by atoms with Crippen molar-refractivity contribution in [3.8, 4) is 11.5 Å². The number of halogens is 1. The highest BCUT2D eigenvalue weighted by Gasteiger charge is 2.25. The molecule has 1 unspecified atom stereocenters. The summed E-state index contributed by atoms with van der Waals surface area (Å²) in [6.45, 7) is 7.50. The molecule has 28 heavy (non-hydrogen) atoms. The van der Waals surface area contributed by atoms with E-state index >= 15 is 0 Å². The standard InChI is InChI=1S/C22H31N3O2.ClH/c1-4-25-13-5-6-20(25)17-24(15-18-9-11-23-12-10-18)16-19-7-8-21(26-2)22(14-19)27-3;/h7-12,14,20H,4-6,13,15-17H2,1-3H3;1H. The van der Waals surface area contributed by atoms with Crippen LogP contribution in [0.3, 0.4) is 0 Å². The van der Waals surface area contributed by atoms with Gasteiger partial charge in [-0.3, -0.25) is 14.8 Å². The van der Waals surface area contributed by atoms with Gasteiger partial charge in [0, 0.05) is 38.1 Å². The molecule has 0 amide bonds. The molecule has 0 bridgehead atoms. The molecule has 0 radical (unpaired) electrons. The van der Waals surface area contributed by atoms with Crippen LogP contribution in [0.2, 0.25) is 0 Å². The van der Waals surface area contributed by atoms with Crippen molar-refractivity contribution in [2.45, 2.75) is 38.9 Å². The molecule has 154 valence electrons. The van der Waals surface area contributed by atoms with Gasteiger partial charge in [-0.05, 0) is 61.3 Å². The Hall–Kier alpha value is -1.82. The van der Waals surface area contributed by atoms with E-state index in [4.69, 9.17) is 9.47 Å². The first-order valence-corrected chi connectivity index (χ1v) is 9.79. The Bertz CT molecular complexity index is 714. The second-order valence-electron chi connectivity index (χ2n) is 7.14. The molecule has 1 aliphatic rings. The van der Waals surface area contributed by atoms with Gasteiger partial charge in [0.2, 0.25) is 0 Å². The zero-order chi connectivity index (χ0) is 19.1. The predicted octanol–water partition coefficient (Wildman–Crippen LogP) is 4.01. The Morgan fingerprint density at radius 2 is 1.75 bits per heavy atom. The van der Waals surface area contributed by atoms with E-state index in [1.807, 2.05) is 18.5 Å². The van der Waals surface area contributed by atoms with E-state index in [-0.39, 0.29) is 12.4 Å². The third kappa shape index (κ3) is 5.84. The van der Waals surface area contributed by atoms with Crippen LogP contribution < -0.4 is 9.47 Å². The predicted molar refractivity (Wildman–Crippen MR) is 115 cm³/mol. The van der Waals surface area contributed by atoms with Gasteiger partial charge in [-0.1, -0.05) is 13.0 Å². The van der Waals surface area contributed by atoms with Crippen LogP contribution in [-0.4, -0.2) is 54.7 Å². The Morgan fingerprint density at radius 3 is 2.43 bits per heavy atom. The smallest absolute Gasteiger partial charge is 0.161 e. The van der Waals surface area contributed by atoms with E-state index in [0.717, 1.165) is 37.7 Å². The SMILES string of the molecule is CCN1CCCC1CN(Cc1ccncc1)Cc1ccc(OC)c(OC)c1.Cl. The fourth-order valence-electron chi connectivity index (χ4n) is 3.98. The summed E-state index contributed by atoms with van der Waals surface area (Å²) < 4.78 is 10.9.